The van der Waals surface area contributed by atoms with Crippen LogP contribution in [0.5, 0.6) is 5.88 Å². The van der Waals surface area contributed by atoms with Crippen LogP contribution in [0.4, 0.5) is 4.39 Å². The third-order valence-electron chi connectivity index (χ3n) is 6.11. The fourth-order valence-electron chi connectivity index (χ4n) is 4.52. The van der Waals surface area contributed by atoms with Gasteiger partial charge in [-0.25, -0.2) is 17.8 Å². The van der Waals surface area contributed by atoms with Gasteiger partial charge in [-0.3, -0.25) is 9.58 Å². The van der Waals surface area contributed by atoms with Crippen LogP contribution in [-0.4, -0.2) is 59.8 Å². The van der Waals surface area contributed by atoms with Gasteiger partial charge >= 0.3 is 0 Å². The van der Waals surface area contributed by atoms with Gasteiger partial charge in [0, 0.05) is 36.8 Å². The molecule has 2 aromatic heterocycles. The molecular formula is C23H29FN4O3S. The van der Waals surface area contributed by atoms with Gasteiger partial charge in [0.05, 0.1) is 41.4 Å². The lowest BCUT2D eigenvalue weighted by Crippen LogP contribution is -2.44. The highest BCUT2D eigenvalue weighted by Crippen LogP contribution is 2.36. The fourth-order valence-corrected chi connectivity index (χ4v) is 5.75. The molecule has 1 unspecified atom stereocenters. The zero-order valence-electron chi connectivity index (χ0n) is 18.9. The Kier molecular flexibility index (Phi) is 6.22. The second kappa shape index (κ2) is 8.78. The zero-order valence-corrected chi connectivity index (χ0v) is 19.7. The standard InChI is InChI=1S/C23H29FN4O3S/c1-5-28-21-13-16(12-19(24)18(21)14-25-28)20-7-6-17(23(26-20)31-4)22(15(2)3)27-8-10-32(29,30)11-9-27/h6-7,12-15,22H,5,8-11H2,1-4H3. The lowest BCUT2D eigenvalue weighted by Gasteiger charge is -2.37. The highest BCUT2D eigenvalue weighted by Gasteiger charge is 2.32. The Bertz CT molecular complexity index is 1230. The molecule has 0 saturated carbocycles. The van der Waals surface area contributed by atoms with Gasteiger partial charge in [0.1, 0.15) is 5.82 Å². The van der Waals surface area contributed by atoms with Gasteiger partial charge in [-0.1, -0.05) is 13.8 Å². The smallest absolute Gasteiger partial charge is 0.218 e. The second-order valence-corrected chi connectivity index (χ2v) is 10.8. The lowest BCUT2D eigenvalue weighted by molar-refractivity contribution is 0.164. The number of pyridine rings is 1. The number of halogens is 1. The zero-order chi connectivity index (χ0) is 23.0. The van der Waals surface area contributed by atoms with E-state index in [9.17, 15) is 12.8 Å². The van der Waals surface area contributed by atoms with Crippen molar-refractivity contribution in [1.29, 1.82) is 0 Å². The van der Waals surface area contributed by atoms with Crippen LogP contribution in [0.3, 0.4) is 0 Å². The van der Waals surface area contributed by atoms with E-state index in [0.29, 0.717) is 42.2 Å². The Balaban J connectivity index is 1.73. The monoisotopic (exact) mass is 460 g/mol. The molecule has 1 aliphatic heterocycles. The minimum Gasteiger partial charge on any atom is -0.481 e. The summed E-state index contributed by atoms with van der Waals surface area (Å²) >= 11 is 0. The van der Waals surface area contributed by atoms with Gasteiger partial charge in [0.15, 0.2) is 9.84 Å². The number of hydrogen-bond acceptors (Lipinski definition) is 6. The molecule has 1 aliphatic rings. The van der Waals surface area contributed by atoms with Crippen LogP contribution >= 0.6 is 0 Å². The van der Waals surface area contributed by atoms with E-state index in [1.54, 1.807) is 18.0 Å². The summed E-state index contributed by atoms with van der Waals surface area (Å²) in [7, 11) is -1.40. The van der Waals surface area contributed by atoms with Crippen LogP contribution in [0.2, 0.25) is 0 Å². The van der Waals surface area contributed by atoms with Crippen molar-refractivity contribution in [2.24, 2.45) is 5.92 Å². The van der Waals surface area contributed by atoms with Crippen molar-refractivity contribution in [3.63, 3.8) is 0 Å². The molecule has 0 aliphatic carbocycles. The number of rotatable bonds is 6. The van der Waals surface area contributed by atoms with Crippen LogP contribution < -0.4 is 4.74 Å². The molecule has 0 amide bonds. The molecule has 7 nitrogen and oxygen atoms in total. The quantitative estimate of drug-likeness (QED) is 0.558. The molecule has 172 valence electrons. The molecule has 0 N–H and O–H groups in total. The number of hydrogen-bond donors (Lipinski definition) is 0. The van der Waals surface area contributed by atoms with Gasteiger partial charge in [-0.2, -0.15) is 5.10 Å². The first kappa shape index (κ1) is 22.7. The number of fused-ring (bicyclic) bond motifs is 1. The summed E-state index contributed by atoms with van der Waals surface area (Å²) in [5, 5.41) is 4.73. The number of ether oxygens (including phenoxy) is 1. The molecule has 1 atom stereocenters. The van der Waals surface area contributed by atoms with Crippen molar-refractivity contribution in [2.45, 2.75) is 33.4 Å². The minimum absolute atomic E-state index is 0.0252. The van der Waals surface area contributed by atoms with Crippen molar-refractivity contribution in [1.82, 2.24) is 19.7 Å². The Labute approximate surface area is 188 Å². The Morgan fingerprint density at radius 2 is 1.91 bits per heavy atom. The molecule has 1 saturated heterocycles. The summed E-state index contributed by atoms with van der Waals surface area (Å²) in [5.74, 6) is 0.684. The third-order valence-corrected chi connectivity index (χ3v) is 7.72. The van der Waals surface area contributed by atoms with Gasteiger partial charge in [0.25, 0.3) is 0 Å². The first-order valence-electron chi connectivity index (χ1n) is 10.9. The number of aryl methyl sites for hydroxylation is 1. The number of benzene rings is 1. The van der Waals surface area contributed by atoms with Crippen molar-refractivity contribution < 1.29 is 17.5 Å². The molecule has 9 heteroatoms. The highest BCUT2D eigenvalue weighted by molar-refractivity contribution is 7.91. The van der Waals surface area contributed by atoms with Crippen LogP contribution in [0.25, 0.3) is 22.2 Å². The molecule has 1 aromatic carbocycles. The van der Waals surface area contributed by atoms with Gasteiger partial charge in [-0.15, -0.1) is 0 Å². The van der Waals surface area contributed by atoms with Crippen molar-refractivity contribution in [3.05, 3.63) is 41.8 Å². The average molecular weight is 461 g/mol. The Morgan fingerprint density at radius 1 is 1.19 bits per heavy atom. The number of sulfone groups is 1. The third kappa shape index (κ3) is 4.23. The molecule has 0 radical (unpaired) electrons. The Morgan fingerprint density at radius 3 is 2.53 bits per heavy atom. The minimum atomic E-state index is -2.97. The molecule has 3 aromatic rings. The number of nitrogens with zero attached hydrogens (tertiary/aromatic N) is 4. The first-order valence-corrected chi connectivity index (χ1v) is 12.7. The Hall–Kier alpha value is -2.52. The van der Waals surface area contributed by atoms with E-state index in [1.807, 2.05) is 25.1 Å². The summed E-state index contributed by atoms with van der Waals surface area (Å²) in [6.45, 7) is 7.79. The molecule has 3 heterocycles. The van der Waals surface area contributed by atoms with E-state index in [1.165, 1.54) is 6.07 Å². The van der Waals surface area contributed by atoms with Crippen LogP contribution in [0.1, 0.15) is 32.4 Å². The normalized spacial score (nSPS) is 17.7. The maximum absolute atomic E-state index is 14.7. The largest absolute Gasteiger partial charge is 0.481 e. The van der Waals surface area contributed by atoms with E-state index in [-0.39, 0.29) is 29.3 Å². The molecule has 1 fully saturated rings. The van der Waals surface area contributed by atoms with E-state index >= 15 is 0 Å². The molecule has 4 rings (SSSR count). The average Bonchev–Trinajstić information content (AvgIpc) is 3.18. The maximum atomic E-state index is 14.7. The van der Waals surface area contributed by atoms with Gasteiger partial charge in [0.2, 0.25) is 5.88 Å². The van der Waals surface area contributed by atoms with E-state index < -0.39 is 9.84 Å². The fraction of sp³-hybridized carbons (Fsp3) is 0.478. The number of aromatic nitrogens is 3. The van der Waals surface area contributed by atoms with Crippen molar-refractivity contribution >= 4 is 20.7 Å². The summed E-state index contributed by atoms with van der Waals surface area (Å²) in [6, 6.07) is 7.19. The molecular weight excluding hydrogens is 431 g/mol. The van der Waals surface area contributed by atoms with Crippen LogP contribution in [-0.2, 0) is 16.4 Å². The summed E-state index contributed by atoms with van der Waals surface area (Å²) in [6.07, 6.45) is 1.54. The summed E-state index contributed by atoms with van der Waals surface area (Å²) in [5.41, 5.74) is 2.90. The highest BCUT2D eigenvalue weighted by atomic mass is 32.2. The molecule has 0 bridgehead atoms. The van der Waals surface area contributed by atoms with E-state index in [4.69, 9.17) is 9.72 Å². The summed E-state index contributed by atoms with van der Waals surface area (Å²) < 4.78 is 45.9. The first-order chi connectivity index (χ1) is 15.2. The second-order valence-electron chi connectivity index (χ2n) is 8.52. The molecule has 32 heavy (non-hydrogen) atoms. The SMILES string of the molecule is CCn1ncc2c(F)cc(-c3ccc(C(C(C)C)N4CCS(=O)(=O)CC4)c(OC)n3)cc21. The lowest BCUT2D eigenvalue weighted by atomic mass is 9.94. The predicted octanol–water partition coefficient (Wildman–Crippen LogP) is 3.69. The van der Waals surface area contributed by atoms with Crippen molar-refractivity contribution in [2.75, 3.05) is 31.7 Å². The van der Waals surface area contributed by atoms with Gasteiger partial charge in [-0.05, 0) is 37.1 Å². The van der Waals surface area contributed by atoms with Crippen LogP contribution in [0.15, 0.2) is 30.5 Å². The maximum Gasteiger partial charge on any atom is 0.218 e. The number of methoxy groups -OCH3 is 1. The van der Waals surface area contributed by atoms with Crippen LogP contribution in [0, 0.1) is 11.7 Å². The van der Waals surface area contributed by atoms with E-state index in [2.05, 4.69) is 23.8 Å². The predicted molar refractivity (Wildman–Crippen MR) is 123 cm³/mol. The van der Waals surface area contributed by atoms with E-state index in [0.717, 1.165) is 11.1 Å². The molecule has 0 spiro atoms. The summed E-state index contributed by atoms with van der Waals surface area (Å²) in [4.78, 5) is 6.90. The van der Waals surface area contributed by atoms with Gasteiger partial charge < -0.3 is 4.74 Å². The topological polar surface area (TPSA) is 77.3 Å². The van der Waals surface area contributed by atoms with Crippen molar-refractivity contribution in [3.8, 4) is 17.1 Å².